The van der Waals surface area contributed by atoms with Crippen molar-refractivity contribution in [3.05, 3.63) is 59.7 Å². The highest BCUT2D eigenvalue weighted by atomic mass is 32.2. The van der Waals surface area contributed by atoms with E-state index in [1.807, 2.05) is 19.1 Å². The third-order valence-corrected chi connectivity index (χ3v) is 9.15. The zero-order chi connectivity index (χ0) is 22.9. The zero-order valence-electron chi connectivity index (χ0n) is 17.9. The number of piperazine rings is 1. The Morgan fingerprint density at radius 3 is 2.34 bits per heavy atom. The summed E-state index contributed by atoms with van der Waals surface area (Å²) < 4.78 is 51.6. The number of aryl methyl sites for hydroxylation is 1. The third-order valence-electron chi connectivity index (χ3n) is 6.02. The molecule has 1 N–H and O–H groups in total. The van der Waals surface area contributed by atoms with Crippen LogP contribution in [-0.4, -0.2) is 76.3 Å². The van der Waals surface area contributed by atoms with Crippen molar-refractivity contribution >= 4 is 31.5 Å². The molecule has 0 saturated carbocycles. The van der Waals surface area contributed by atoms with Gasteiger partial charge >= 0.3 is 0 Å². The predicted molar refractivity (Wildman–Crippen MR) is 123 cm³/mol. The Kier molecular flexibility index (Phi) is 6.28. The van der Waals surface area contributed by atoms with Crippen LogP contribution in [0.4, 0.5) is 5.69 Å². The van der Waals surface area contributed by atoms with Crippen molar-refractivity contribution in [2.75, 3.05) is 42.4 Å². The van der Waals surface area contributed by atoms with Gasteiger partial charge in [-0.15, -0.1) is 0 Å². The summed E-state index contributed by atoms with van der Waals surface area (Å²) in [6, 6.07) is 13.1. The topological polar surface area (TPSA) is 104 Å². The Morgan fingerprint density at radius 2 is 1.72 bits per heavy atom. The summed E-state index contributed by atoms with van der Waals surface area (Å²) in [6.45, 7) is 4.10. The Labute approximate surface area is 189 Å². The molecule has 2 heterocycles. The van der Waals surface area contributed by atoms with Crippen molar-refractivity contribution < 1.29 is 21.6 Å². The van der Waals surface area contributed by atoms with Crippen LogP contribution < -0.4 is 4.72 Å². The van der Waals surface area contributed by atoms with E-state index in [-0.39, 0.29) is 28.4 Å². The number of sulfone groups is 1. The molecule has 0 spiro atoms. The SMILES string of the molecule is Cc1ccc(NS(=O)(=O)c2cccc(C(=O)N3CCN(C4CCS(=O)(=O)C4)CC3)c2)cc1. The number of sulfonamides is 1. The number of benzene rings is 2. The van der Waals surface area contributed by atoms with Crippen molar-refractivity contribution in [2.24, 2.45) is 0 Å². The van der Waals surface area contributed by atoms with Crippen LogP contribution in [0.5, 0.6) is 0 Å². The molecule has 0 radical (unpaired) electrons. The number of anilines is 1. The maximum absolute atomic E-state index is 13.0. The number of hydrogen-bond donors (Lipinski definition) is 1. The molecule has 0 bridgehead atoms. The lowest BCUT2D eigenvalue weighted by Gasteiger charge is -2.37. The summed E-state index contributed by atoms with van der Waals surface area (Å²) in [7, 11) is -6.78. The molecule has 32 heavy (non-hydrogen) atoms. The highest BCUT2D eigenvalue weighted by Gasteiger charge is 2.34. The van der Waals surface area contributed by atoms with E-state index in [1.165, 1.54) is 12.1 Å². The molecule has 1 unspecified atom stereocenters. The first-order chi connectivity index (χ1) is 15.1. The maximum Gasteiger partial charge on any atom is 0.261 e. The molecule has 1 atom stereocenters. The van der Waals surface area contributed by atoms with E-state index >= 15 is 0 Å². The molecule has 10 heteroatoms. The number of amides is 1. The fourth-order valence-electron chi connectivity index (χ4n) is 4.17. The number of rotatable bonds is 5. The normalized spacial score (nSPS) is 21.4. The van der Waals surface area contributed by atoms with Crippen LogP contribution in [0, 0.1) is 6.92 Å². The molecule has 4 rings (SSSR count). The van der Waals surface area contributed by atoms with Crippen molar-refractivity contribution in [3.63, 3.8) is 0 Å². The average molecular weight is 478 g/mol. The van der Waals surface area contributed by atoms with E-state index in [1.54, 1.807) is 29.2 Å². The molecule has 0 aliphatic carbocycles. The van der Waals surface area contributed by atoms with E-state index in [4.69, 9.17) is 0 Å². The Balaban J connectivity index is 1.42. The maximum atomic E-state index is 13.0. The highest BCUT2D eigenvalue weighted by Crippen LogP contribution is 2.21. The first kappa shape index (κ1) is 22.8. The van der Waals surface area contributed by atoms with Crippen molar-refractivity contribution in [3.8, 4) is 0 Å². The van der Waals surface area contributed by atoms with Gasteiger partial charge in [0.1, 0.15) is 0 Å². The van der Waals surface area contributed by atoms with Gasteiger partial charge in [-0.25, -0.2) is 16.8 Å². The fourth-order valence-corrected chi connectivity index (χ4v) is 7.03. The average Bonchev–Trinajstić information content (AvgIpc) is 3.14. The van der Waals surface area contributed by atoms with Crippen LogP contribution in [-0.2, 0) is 19.9 Å². The molecule has 1 amide bonds. The van der Waals surface area contributed by atoms with E-state index < -0.39 is 19.9 Å². The quantitative estimate of drug-likeness (QED) is 0.704. The number of hydrogen-bond acceptors (Lipinski definition) is 6. The molecule has 8 nitrogen and oxygen atoms in total. The molecule has 2 fully saturated rings. The standard InChI is InChI=1S/C22H27N3O5S2/c1-17-5-7-19(8-6-17)23-32(29,30)21-4-2-3-18(15-21)22(26)25-12-10-24(11-13-25)20-9-14-31(27,28)16-20/h2-8,15,20,23H,9-14,16H2,1H3. The van der Waals surface area contributed by atoms with Gasteiger partial charge in [-0.05, 0) is 43.7 Å². The van der Waals surface area contributed by atoms with Gasteiger partial charge in [-0.1, -0.05) is 23.8 Å². The molecule has 2 saturated heterocycles. The molecule has 2 aliphatic rings. The zero-order valence-corrected chi connectivity index (χ0v) is 19.5. The number of carbonyl (C=O) groups is 1. The first-order valence-corrected chi connectivity index (χ1v) is 13.9. The van der Waals surface area contributed by atoms with E-state index in [2.05, 4.69) is 9.62 Å². The molecular formula is C22H27N3O5S2. The highest BCUT2D eigenvalue weighted by molar-refractivity contribution is 7.92. The van der Waals surface area contributed by atoms with Gasteiger partial charge in [0.15, 0.2) is 9.84 Å². The second kappa shape index (κ2) is 8.84. The summed E-state index contributed by atoms with van der Waals surface area (Å²) in [4.78, 5) is 16.9. The van der Waals surface area contributed by atoms with Gasteiger partial charge in [0, 0.05) is 43.5 Å². The second-order valence-corrected chi connectivity index (χ2v) is 12.3. The van der Waals surface area contributed by atoms with Crippen LogP contribution in [0.3, 0.4) is 0 Å². The van der Waals surface area contributed by atoms with E-state index in [9.17, 15) is 21.6 Å². The van der Waals surface area contributed by atoms with E-state index in [0.717, 1.165) is 5.56 Å². The van der Waals surface area contributed by atoms with Crippen LogP contribution in [0.25, 0.3) is 0 Å². The Morgan fingerprint density at radius 1 is 1.03 bits per heavy atom. The van der Waals surface area contributed by atoms with Crippen molar-refractivity contribution in [2.45, 2.75) is 24.3 Å². The monoisotopic (exact) mass is 477 g/mol. The number of carbonyl (C=O) groups excluding carboxylic acids is 1. The largest absolute Gasteiger partial charge is 0.336 e. The van der Waals surface area contributed by atoms with Gasteiger partial charge in [0.05, 0.1) is 16.4 Å². The van der Waals surface area contributed by atoms with Crippen molar-refractivity contribution in [1.29, 1.82) is 0 Å². The smallest absolute Gasteiger partial charge is 0.261 e. The third kappa shape index (κ3) is 5.13. The van der Waals surface area contributed by atoms with Gasteiger partial charge in [-0.3, -0.25) is 14.4 Å². The summed E-state index contributed by atoms with van der Waals surface area (Å²) in [5, 5.41) is 0. The predicted octanol–water partition coefficient (Wildman–Crippen LogP) is 1.74. The Bertz CT molecular complexity index is 1200. The minimum absolute atomic E-state index is 0.0265. The van der Waals surface area contributed by atoms with Crippen molar-refractivity contribution in [1.82, 2.24) is 9.80 Å². The lowest BCUT2D eigenvalue weighted by atomic mass is 10.1. The molecule has 2 aliphatic heterocycles. The second-order valence-electron chi connectivity index (χ2n) is 8.38. The summed E-state index contributed by atoms with van der Waals surface area (Å²) in [5.74, 6) is 0.194. The van der Waals surface area contributed by atoms with Crippen LogP contribution in [0.2, 0.25) is 0 Å². The minimum Gasteiger partial charge on any atom is -0.336 e. The van der Waals surface area contributed by atoms with Gasteiger partial charge < -0.3 is 4.90 Å². The van der Waals surface area contributed by atoms with Gasteiger partial charge in [-0.2, -0.15) is 0 Å². The van der Waals surface area contributed by atoms with Gasteiger partial charge in [0.25, 0.3) is 15.9 Å². The van der Waals surface area contributed by atoms with Crippen LogP contribution in [0.1, 0.15) is 22.3 Å². The first-order valence-electron chi connectivity index (χ1n) is 10.6. The van der Waals surface area contributed by atoms with E-state index in [0.29, 0.717) is 43.9 Å². The Hall–Kier alpha value is -2.43. The summed E-state index contributed by atoms with van der Waals surface area (Å²) in [6.07, 6.45) is 0.643. The molecule has 2 aromatic rings. The summed E-state index contributed by atoms with van der Waals surface area (Å²) >= 11 is 0. The molecule has 2 aromatic carbocycles. The molecule has 172 valence electrons. The minimum atomic E-state index is -3.83. The fraction of sp³-hybridized carbons (Fsp3) is 0.409. The lowest BCUT2D eigenvalue weighted by Crippen LogP contribution is -2.52. The number of nitrogens with one attached hydrogen (secondary N) is 1. The van der Waals surface area contributed by atoms with Gasteiger partial charge in [0.2, 0.25) is 0 Å². The summed E-state index contributed by atoms with van der Waals surface area (Å²) in [5.41, 5.74) is 1.79. The lowest BCUT2D eigenvalue weighted by molar-refractivity contribution is 0.0587. The van der Waals surface area contributed by atoms with Crippen LogP contribution >= 0.6 is 0 Å². The van der Waals surface area contributed by atoms with Crippen LogP contribution in [0.15, 0.2) is 53.4 Å². The molecular weight excluding hydrogens is 450 g/mol. The number of nitrogens with zero attached hydrogens (tertiary/aromatic N) is 2. The molecule has 0 aromatic heterocycles.